The topological polar surface area (TPSA) is 69.3 Å². The van der Waals surface area contributed by atoms with Crippen molar-refractivity contribution in [2.24, 2.45) is 5.73 Å². The Morgan fingerprint density at radius 3 is 2.50 bits per heavy atom. The normalized spacial score (nSPS) is 12.8. The van der Waals surface area contributed by atoms with Crippen LogP contribution in [0.2, 0.25) is 0 Å². The molecule has 9 heteroatoms. The molecule has 0 spiro atoms. The van der Waals surface area contributed by atoms with Gasteiger partial charge in [0.15, 0.2) is 0 Å². The number of anilines is 1. The Labute approximate surface area is 144 Å². The molecule has 1 aromatic carbocycles. The molecule has 0 saturated carbocycles. The molecular formula is C15H15BrF3N3O2. The largest absolute Gasteiger partial charge is 0.464 e. The van der Waals surface area contributed by atoms with Crippen molar-refractivity contribution in [1.29, 1.82) is 0 Å². The van der Waals surface area contributed by atoms with Gasteiger partial charge in [0.25, 0.3) is 0 Å². The average molecular weight is 406 g/mol. The molecule has 2 rings (SSSR count). The highest BCUT2D eigenvalue weighted by molar-refractivity contribution is 9.10. The number of aromatic nitrogens is 1. The molecule has 0 fully saturated rings. The summed E-state index contributed by atoms with van der Waals surface area (Å²) in [6.07, 6.45) is -3.37. The van der Waals surface area contributed by atoms with Gasteiger partial charge in [0, 0.05) is 18.4 Å². The molecule has 1 aromatic heterocycles. The highest BCUT2D eigenvalue weighted by Crippen LogP contribution is 2.30. The fourth-order valence-electron chi connectivity index (χ4n) is 2.10. The summed E-state index contributed by atoms with van der Waals surface area (Å²) in [5, 5.41) is 2.93. The molecule has 0 radical (unpaired) electrons. The summed E-state index contributed by atoms with van der Waals surface area (Å²) >= 11 is 3.25. The van der Waals surface area contributed by atoms with Crippen molar-refractivity contribution >= 4 is 27.6 Å². The van der Waals surface area contributed by atoms with Crippen LogP contribution in [-0.2, 0) is 10.9 Å². The number of hydrogen-bond donors (Lipinski definition) is 2. The van der Waals surface area contributed by atoms with E-state index in [2.05, 4.69) is 21.2 Å². The number of rotatable bonds is 5. The summed E-state index contributed by atoms with van der Waals surface area (Å²) in [4.78, 5) is 11.8. The molecule has 0 amide bonds. The minimum Gasteiger partial charge on any atom is -0.464 e. The minimum absolute atomic E-state index is 0.205. The number of carbonyl (C=O) groups excluding carboxylic acids is 1. The summed E-state index contributed by atoms with van der Waals surface area (Å²) < 4.78 is 44.3. The van der Waals surface area contributed by atoms with Crippen LogP contribution in [0.4, 0.5) is 18.9 Å². The second-order valence-electron chi connectivity index (χ2n) is 4.93. The predicted molar refractivity (Wildman–Crippen MR) is 86.6 cm³/mol. The Morgan fingerprint density at radius 2 is 1.96 bits per heavy atom. The van der Waals surface area contributed by atoms with Crippen LogP contribution in [0.1, 0.15) is 22.2 Å². The van der Waals surface area contributed by atoms with E-state index in [0.717, 1.165) is 12.1 Å². The maximum Gasteiger partial charge on any atom is 0.416 e. The van der Waals surface area contributed by atoms with E-state index in [4.69, 9.17) is 10.5 Å². The van der Waals surface area contributed by atoms with E-state index < -0.39 is 23.9 Å². The molecule has 0 bridgehead atoms. The molecule has 130 valence electrons. The van der Waals surface area contributed by atoms with Crippen molar-refractivity contribution in [3.63, 3.8) is 0 Å². The lowest BCUT2D eigenvalue weighted by molar-refractivity contribution is -0.137. The number of halogens is 4. The molecule has 5 nitrogen and oxygen atoms in total. The van der Waals surface area contributed by atoms with Gasteiger partial charge in [0.2, 0.25) is 0 Å². The molecule has 1 atom stereocenters. The van der Waals surface area contributed by atoms with Gasteiger partial charge in [0.1, 0.15) is 5.69 Å². The second-order valence-corrected chi connectivity index (χ2v) is 5.79. The van der Waals surface area contributed by atoms with Gasteiger partial charge < -0.3 is 20.4 Å². The number of nitrogens with one attached hydrogen (secondary N) is 1. The van der Waals surface area contributed by atoms with Crippen LogP contribution in [0.15, 0.2) is 41.0 Å². The van der Waals surface area contributed by atoms with Crippen LogP contribution >= 0.6 is 15.9 Å². The SMILES string of the molecule is COC(=O)c1c(Br)ccn1[C@@H](N)CNc1ccc(C(F)(F)F)cc1. The molecule has 0 aliphatic heterocycles. The Hall–Kier alpha value is -2.00. The van der Waals surface area contributed by atoms with Gasteiger partial charge in [0.05, 0.1) is 23.3 Å². The zero-order valence-electron chi connectivity index (χ0n) is 12.6. The maximum atomic E-state index is 12.5. The Morgan fingerprint density at radius 1 is 1.33 bits per heavy atom. The molecule has 0 aliphatic rings. The number of esters is 1. The van der Waals surface area contributed by atoms with Gasteiger partial charge in [-0.25, -0.2) is 4.79 Å². The van der Waals surface area contributed by atoms with E-state index in [-0.39, 0.29) is 12.2 Å². The van der Waals surface area contributed by atoms with Crippen molar-refractivity contribution in [3.05, 3.63) is 52.3 Å². The molecule has 3 N–H and O–H groups in total. The number of carbonyl (C=O) groups is 1. The van der Waals surface area contributed by atoms with E-state index in [9.17, 15) is 18.0 Å². The molecule has 0 saturated heterocycles. The minimum atomic E-state index is -4.37. The monoisotopic (exact) mass is 405 g/mol. The number of nitrogens with two attached hydrogens (primary N) is 1. The van der Waals surface area contributed by atoms with Gasteiger partial charge in [-0.1, -0.05) is 0 Å². The molecule has 2 aromatic rings. The zero-order valence-corrected chi connectivity index (χ0v) is 14.2. The third kappa shape index (κ3) is 4.09. The third-order valence-electron chi connectivity index (χ3n) is 3.33. The quantitative estimate of drug-likeness (QED) is 0.745. The number of benzene rings is 1. The number of methoxy groups -OCH3 is 1. The second kappa shape index (κ2) is 7.27. The Balaban J connectivity index is 2.06. The van der Waals surface area contributed by atoms with Gasteiger partial charge in [-0.2, -0.15) is 13.2 Å². The number of ether oxygens (including phenoxy) is 1. The predicted octanol–water partition coefficient (Wildman–Crippen LogP) is 3.63. The highest BCUT2D eigenvalue weighted by Gasteiger charge is 2.30. The molecule has 0 aliphatic carbocycles. The van der Waals surface area contributed by atoms with Crippen molar-refractivity contribution in [1.82, 2.24) is 4.57 Å². The Kier molecular flexibility index (Phi) is 5.55. The zero-order chi connectivity index (χ0) is 17.9. The summed E-state index contributed by atoms with van der Waals surface area (Å²) in [7, 11) is 1.26. The first-order chi connectivity index (χ1) is 11.2. The van der Waals surface area contributed by atoms with Gasteiger partial charge in [-0.3, -0.25) is 0 Å². The van der Waals surface area contributed by atoms with Crippen LogP contribution in [-0.4, -0.2) is 24.2 Å². The fraction of sp³-hybridized carbons (Fsp3) is 0.267. The fourth-order valence-corrected chi connectivity index (χ4v) is 2.58. The Bertz CT molecular complexity index is 714. The number of nitrogens with zero attached hydrogens (tertiary/aromatic N) is 1. The molecule has 1 heterocycles. The molecular weight excluding hydrogens is 391 g/mol. The standard InChI is InChI=1S/C15H15BrF3N3O2/c1-24-14(23)13-11(16)6-7-22(13)12(20)8-21-10-4-2-9(3-5-10)15(17,18)19/h2-7,12,21H,8,20H2,1H3/t12-/m1/s1. The van der Waals surface area contributed by atoms with Gasteiger partial charge >= 0.3 is 12.1 Å². The van der Waals surface area contributed by atoms with Crippen molar-refractivity contribution < 1.29 is 22.7 Å². The lowest BCUT2D eigenvalue weighted by atomic mass is 10.2. The summed E-state index contributed by atoms with van der Waals surface area (Å²) in [5.74, 6) is -0.545. The van der Waals surface area contributed by atoms with E-state index in [1.54, 1.807) is 12.3 Å². The van der Waals surface area contributed by atoms with Gasteiger partial charge in [-0.15, -0.1) is 0 Å². The summed E-state index contributed by atoms with van der Waals surface area (Å²) in [5.41, 5.74) is 6.07. The summed E-state index contributed by atoms with van der Waals surface area (Å²) in [6, 6.07) is 6.27. The molecule has 24 heavy (non-hydrogen) atoms. The van der Waals surface area contributed by atoms with Crippen LogP contribution in [0.3, 0.4) is 0 Å². The van der Waals surface area contributed by atoms with E-state index >= 15 is 0 Å². The summed E-state index contributed by atoms with van der Waals surface area (Å²) in [6.45, 7) is 0.205. The third-order valence-corrected chi connectivity index (χ3v) is 3.97. The van der Waals surface area contributed by atoms with Crippen molar-refractivity contribution in [3.8, 4) is 0 Å². The van der Waals surface area contributed by atoms with E-state index in [1.165, 1.54) is 23.8 Å². The van der Waals surface area contributed by atoms with Crippen molar-refractivity contribution in [2.45, 2.75) is 12.3 Å². The maximum absolute atomic E-state index is 12.5. The smallest absolute Gasteiger partial charge is 0.416 e. The lowest BCUT2D eigenvalue weighted by Gasteiger charge is -2.18. The average Bonchev–Trinajstić information content (AvgIpc) is 2.93. The highest BCUT2D eigenvalue weighted by atomic mass is 79.9. The van der Waals surface area contributed by atoms with E-state index in [0.29, 0.717) is 10.2 Å². The number of hydrogen-bond acceptors (Lipinski definition) is 4. The van der Waals surface area contributed by atoms with Crippen molar-refractivity contribution in [2.75, 3.05) is 19.0 Å². The van der Waals surface area contributed by atoms with Gasteiger partial charge in [-0.05, 0) is 46.3 Å². The van der Waals surface area contributed by atoms with Crippen LogP contribution in [0, 0.1) is 0 Å². The number of alkyl halides is 3. The van der Waals surface area contributed by atoms with Crippen LogP contribution < -0.4 is 11.1 Å². The van der Waals surface area contributed by atoms with E-state index in [1.807, 2.05) is 0 Å². The first kappa shape index (κ1) is 18.3. The van der Waals surface area contributed by atoms with Crippen LogP contribution in [0.25, 0.3) is 0 Å². The van der Waals surface area contributed by atoms with Crippen LogP contribution in [0.5, 0.6) is 0 Å². The first-order valence-corrected chi connectivity index (χ1v) is 7.64. The lowest BCUT2D eigenvalue weighted by Crippen LogP contribution is -2.29. The first-order valence-electron chi connectivity index (χ1n) is 6.85. The molecule has 0 unspecified atom stereocenters.